The zero-order valence-corrected chi connectivity index (χ0v) is 19.2. The molecule has 0 radical (unpaired) electrons. The highest BCUT2D eigenvalue weighted by molar-refractivity contribution is 5.92. The molecule has 1 N–H and O–H groups in total. The van der Waals surface area contributed by atoms with Crippen LogP contribution < -0.4 is 5.32 Å². The van der Waals surface area contributed by atoms with E-state index < -0.39 is 17.7 Å². The Labute approximate surface area is 202 Å². The molecule has 0 bridgehead atoms. The second kappa shape index (κ2) is 11.6. The van der Waals surface area contributed by atoms with Crippen LogP contribution in [0.5, 0.6) is 0 Å². The molecule has 9 heteroatoms. The van der Waals surface area contributed by atoms with Crippen molar-refractivity contribution in [2.45, 2.75) is 32.0 Å². The highest BCUT2D eigenvalue weighted by atomic mass is 19.1. The Bertz CT molecular complexity index is 1120. The number of rotatable bonds is 9. The molecule has 1 fully saturated rings. The Morgan fingerprint density at radius 2 is 1.83 bits per heavy atom. The average molecular weight is 484 g/mol. The zero-order chi connectivity index (χ0) is 24.6. The van der Waals surface area contributed by atoms with E-state index in [0.717, 1.165) is 30.5 Å². The van der Waals surface area contributed by atoms with Crippen LogP contribution in [0.4, 0.5) is 19.3 Å². The molecule has 0 aliphatic carbocycles. The molecule has 2 heterocycles. The van der Waals surface area contributed by atoms with Gasteiger partial charge in [0.2, 0.25) is 5.91 Å². The summed E-state index contributed by atoms with van der Waals surface area (Å²) in [4.78, 5) is 29.4. The van der Waals surface area contributed by atoms with E-state index in [4.69, 9.17) is 9.15 Å². The molecule has 0 saturated carbocycles. The standard InChI is InChI=1S/C26H27F2N3O4/c27-20-10-11-24(23(28)14-20)29-26(33)31(17-22-9-5-13-35-22)18-25(32)30(16-21-8-4-12-34-21)15-19-6-2-1-3-7-19/h1-4,6-8,10-12,14,22H,5,9,13,15-18H2,(H,29,33). The van der Waals surface area contributed by atoms with E-state index in [1.807, 2.05) is 30.3 Å². The third-order valence-electron chi connectivity index (χ3n) is 5.73. The lowest BCUT2D eigenvalue weighted by atomic mass is 10.2. The summed E-state index contributed by atoms with van der Waals surface area (Å²) in [5.41, 5.74) is 0.758. The van der Waals surface area contributed by atoms with Gasteiger partial charge in [-0.15, -0.1) is 0 Å². The number of carbonyl (C=O) groups is 2. The van der Waals surface area contributed by atoms with Crippen LogP contribution in [0.1, 0.15) is 24.2 Å². The largest absolute Gasteiger partial charge is 0.467 e. The van der Waals surface area contributed by atoms with Crippen LogP contribution in [0.15, 0.2) is 71.3 Å². The number of nitrogens with zero attached hydrogens (tertiary/aromatic N) is 2. The molecule has 2 aromatic carbocycles. The molecule has 1 atom stereocenters. The van der Waals surface area contributed by atoms with Crippen molar-refractivity contribution >= 4 is 17.6 Å². The van der Waals surface area contributed by atoms with Crippen LogP contribution in [-0.2, 0) is 22.6 Å². The van der Waals surface area contributed by atoms with Crippen molar-refractivity contribution in [3.05, 3.63) is 89.9 Å². The average Bonchev–Trinajstić information content (AvgIpc) is 3.55. The number of hydrogen-bond donors (Lipinski definition) is 1. The lowest BCUT2D eigenvalue weighted by Gasteiger charge is -2.29. The molecule has 1 unspecified atom stereocenters. The van der Waals surface area contributed by atoms with Gasteiger partial charge in [-0.05, 0) is 42.7 Å². The molecule has 0 spiro atoms. The van der Waals surface area contributed by atoms with Gasteiger partial charge < -0.3 is 24.3 Å². The van der Waals surface area contributed by atoms with Gasteiger partial charge in [0, 0.05) is 25.8 Å². The van der Waals surface area contributed by atoms with Crippen molar-refractivity contribution in [1.29, 1.82) is 0 Å². The third kappa shape index (κ3) is 6.89. The normalized spacial score (nSPS) is 15.1. The maximum absolute atomic E-state index is 14.1. The van der Waals surface area contributed by atoms with Gasteiger partial charge in [0.15, 0.2) is 0 Å². The van der Waals surface area contributed by atoms with Gasteiger partial charge in [-0.2, -0.15) is 0 Å². The molecular weight excluding hydrogens is 456 g/mol. The Hall–Kier alpha value is -3.72. The minimum Gasteiger partial charge on any atom is -0.467 e. The molecule has 3 amide bonds. The Morgan fingerprint density at radius 3 is 2.51 bits per heavy atom. The third-order valence-corrected chi connectivity index (χ3v) is 5.73. The van der Waals surface area contributed by atoms with Gasteiger partial charge in [0.1, 0.15) is 23.9 Å². The molecule has 1 aliphatic rings. The minimum absolute atomic E-state index is 0.167. The molecule has 1 aromatic heterocycles. The van der Waals surface area contributed by atoms with E-state index >= 15 is 0 Å². The fourth-order valence-electron chi connectivity index (χ4n) is 3.93. The fourth-order valence-corrected chi connectivity index (χ4v) is 3.93. The summed E-state index contributed by atoms with van der Waals surface area (Å²) in [6.07, 6.45) is 2.93. The van der Waals surface area contributed by atoms with Crippen LogP contribution in [0.2, 0.25) is 0 Å². The van der Waals surface area contributed by atoms with E-state index in [0.29, 0.717) is 25.0 Å². The first-order chi connectivity index (χ1) is 17.0. The summed E-state index contributed by atoms with van der Waals surface area (Å²) in [6.45, 7) is 1.05. The summed E-state index contributed by atoms with van der Waals surface area (Å²) < 4.78 is 38.5. The maximum Gasteiger partial charge on any atom is 0.322 e. The van der Waals surface area contributed by atoms with E-state index in [1.165, 1.54) is 11.2 Å². The van der Waals surface area contributed by atoms with Crippen LogP contribution in [0.3, 0.4) is 0 Å². The highest BCUT2D eigenvalue weighted by Crippen LogP contribution is 2.19. The minimum atomic E-state index is -0.898. The van der Waals surface area contributed by atoms with Crippen molar-refractivity contribution in [3.63, 3.8) is 0 Å². The number of hydrogen-bond acceptors (Lipinski definition) is 4. The van der Waals surface area contributed by atoms with E-state index in [9.17, 15) is 18.4 Å². The number of anilines is 1. The number of benzene rings is 2. The first kappa shape index (κ1) is 24.4. The summed E-state index contributed by atoms with van der Waals surface area (Å²) in [5, 5.41) is 2.45. The quantitative estimate of drug-likeness (QED) is 0.475. The van der Waals surface area contributed by atoms with E-state index in [1.54, 1.807) is 17.0 Å². The van der Waals surface area contributed by atoms with Crippen LogP contribution >= 0.6 is 0 Å². The predicted octanol–water partition coefficient (Wildman–Crippen LogP) is 4.80. The van der Waals surface area contributed by atoms with E-state index in [2.05, 4.69) is 5.32 Å². The SMILES string of the molecule is O=C(CN(CC1CCCO1)C(=O)Nc1ccc(F)cc1F)N(Cc1ccccc1)Cc1ccco1. The fraction of sp³-hybridized carbons (Fsp3) is 0.308. The molecule has 7 nitrogen and oxygen atoms in total. The lowest BCUT2D eigenvalue weighted by Crippen LogP contribution is -2.47. The van der Waals surface area contributed by atoms with Gasteiger partial charge in [-0.1, -0.05) is 30.3 Å². The van der Waals surface area contributed by atoms with Crippen LogP contribution in [0, 0.1) is 11.6 Å². The van der Waals surface area contributed by atoms with Gasteiger partial charge >= 0.3 is 6.03 Å². The second-order valence-corrected chi connectivity index (χ2v) is 8.38. The molecule has 4 rings (SSSR count). The molecule has 1 saturated heterocycles. The number of nitrogens with one attached hydrogen (secondary N) is 1. The smallest absolute Gasteiger partial charge is 0.322 e. The topological polar surface area (TPSA) is 75.0 Å². The number of amides is 3. The summed E-state index contributed by atoms with van der Waals surface area (Å²) in [5.74, 6) is -1.34. The van der Waals surface area contributed by atoms with Crippen molar-refractivity contribution < 1.29 is 27.5 Å². The Morgan fingerprint density at radius 1 is 1.00 bits per heavy atom. The monoisotopic (exact) mass is 483 g/mol. The molecule has 35 heavy (non-hydrogen) atoms. The van der Waals surface area contributed by atoms with Gasteiger partial charge in [0.25, 0.3) is 0 Å². The number of carbonyl (C=O) groups excluding carboxylic acids is 2. The summed E-state index contributed by atoms with van der Waals surface area (Å²) in [6, 6.07) is 15.2. The van der Waals surface area contributed by atoms with Gasteiger partial charge in [-0.3, -0.25) is 4.79 Å². The number of halogens is 2. The van der Waals surface area contributed by atoms with Crippen molar-refractivity contribution in [1.82, 2.24) is 9.80 Å². The Kier molecular flexibility index (Phi) is 8.10. The number of furan rings is 1. The lowest BCUT2D eigenvalue weighted by molar-refractivity contribution is -0.133. The number of ether oxygens (including phenoxy) is 1. The second-order valence-electron chi connectivity index (χ2n) is 8.38. The molecule has 1 aliphatic heterocycles. The number of urea groups is 1. The molecular formula is C26H27F2N3O4. The van der Waals surface area contributed by atoms with Gasteiger partial charge in [0.05, 0.1) is 24.6 Å². The molecule has 184 valence electrons. The van der Waals surface area contributed by atoms with E-state index in [-0.39, 0.29) is 37.3 Å². The zero-order valence-electron chi connectivity index (χ0n) is 19.2. The Balaban J connectivity index is 1.51. The first-order valence-electron chi connectivity index (χ1n) is 11.4. The summed E-state index contributed by atoms with van der Waals surface area (Å²) >= 11 is 0. The van der Waals surface area contributed by atoms with Crippen LogP contribution in [0.25, 0.3) is 0 Å². The maximum atomic E-state index is 14.1. The van der Waals surface area contributed by atoms with Gasteiger partial charge in [-0.25, -0.2) is 13.6 Å². The van der Waals surface area contributed by atoms with Crippen LogP contribution in [-0.4, -0.2) is 47.5 Å². The highest BCUT2D eigenvalue weighted by Gasteiger charge is 2.27. The van der Waals surface area contributed by atoms with Crippen molar-refractivity contribution in [2.24, 2.45) is 0 Å². The predicted molar refractivity (Wildman–Crippen MR) is 125 cm³/mol. The van der Waals surface area contributed by atoms with Crippen molar-refractivity contribution in [3.8, 4) is 0 Å². The molecule has 3 aromatic rings. The summed E-state index contributed by atoms with van der Waals surface area (Å²) in [7, 11) is 0. The first-order valence-corrected chi connectivity index (χ1v) is 11.4. The van der Waals surface area contributed by atoms with Crippen molar-refractivity contribution in [2.75, 3.05) is 25.0 Å².